The van der Waals surface area contributed by atoms with Crippen LogP contribution < -0.4 is 0 Å². The second kappa shape index (κ2) is 4.02. The number of hydrogen-bond acceptors (Lipinski definition) is 3. The Hall–Kier alpha value is -1.00. The number of phenols is 1. The molecule has 0 amide bonds. The van der Waals surface area contributed by atoms with Gasteiger partial charge < -0.3 is 5.11 Å². The van der Waals surface area contributed by atoms with Gasteiger partial charge in [0.15, 0.2) is 0 Å². The number of hydrogen-bond donors (Lipinski definition) is 1. The van der Waals surface area contributed by atoms with Crippen LogP contribution in [0.25, 0.3) is 0 Å². The number of rotatable bonds is 3. The summed E-state index contributed by atoms with van der Waals surface area (Å²) in [5, 5.41) is 9.35. The van der Waals surface area contributed by atoms with Crippen LogP contribution in [-0.4, -0.2) is 13.5 Å². The first kappa shape index (κ1) is 11.1. The molecule has 76 valence electrons. The Bertz CT molecular complexity index is 451. The molecule has 0 radical (unpaired) electrons. The number of aromatic hydroxyl groups is 1. The Labute approximate surface area is 87.1 Å². The van der Waals surface area contributed by atoms with Crippen LogP contribution in [0.1, 0.15) is 5.56 Å². The van der Waals surface area contributed by atoms with Crippen molar-refractivity contribution in [1.29, 1.82) is 0 Å². The van der Waals surface area contributed by atoms with Crippen molar-refractivity contribution in [2.75, 3.05) is 0 Å². The molecule has 0 aliphatic rings. The lowest BCUT2D eigenvalue weighted by Crippen LogP contribution is -1.97. The summed E-state index contributed by atoms with van der Waals surface area (Å²) >= 11 is 0. The Balaban J connectivity index is 2.91. The quantitative estimate of drug-likeness (QED) is 0.812. The second-order valence-corrected chi connectivity index (χ2v) is 5.45. The molecule has 0 atom stereocenters. The molecule has 0 saturated heterocycles. The molecule has 0 fully saturated rings. The highest BCUT2D eigenvalue weighted by atomic mass is 35.7. The Morgan fingerprint density at radius 3 is 2.50 bits per heavy atom. The molecule has 0 aromatic heterocycles. The molecule has 0 unspecified atom stereocenters. The zero-order chi connectivity index (χ0) is 10.8. The van der Waals surface area contributed by atoms with Crippen LogP contribution in [0.5, 0.6) is 5.75 Å². The monoisotopic (exact) mass is 232 g/mol. The number of phenolic OH excluding ortho intramolecular Hbond substituents is 1. The van der Waals surface area contributed by atoms with Crippen molar-refractivity contribution in [3.8, 4) is 5.75 Å². The first-order valence-electron chi connectivity index (χ1n) is 3.80. The van der Waals surface area contributed by atoms with E-state index in [0.717, 1.165) is 0 Å². The van der Waals surface area contributed by atoms with E-state index in [4.69, 9.17) is 10.7 Å². The summed E-state index contributed by atoms with van der Waals surface area (Å²) in [6.45, 7) is 3.33. The predicted molar refractivity (Wildman–Crippen MR) is 55.7 cm³/mol. The molecule has 3 nitrogen and oxygen atoms in total. The fourth-order valence-electron chi connectivity index (χ4n) is 0.959. The molecule has 0 spiro atoms. The molecular weight excluding hydrogens is 224 g/mol. The predicted octanol–water partition coefficient (Wildman–Crippen LogP) is 2.02. The average molecular weight is 233 g/mol. The lowest BCUT2D eigenvalue weighted by molar-refractivity contribution is 0.469. The van der Waals surface area contributed by atoms with Crippen molar-refractivity contribution in [3.05, 3.63) is 41.3 Å². The number of allylic oxidation sites excluding steroid dienone is 1. The number of para-hydroxylation sites is 1. The van der Waals surface area contributed by atoms with E-state index in [2.05, 4.69) is 6.58 Å². The van der Waals surface area contributed by atoms with E-state index in [1.807, 2.05) is 0 Å². The highest BCUT2D eigenvalue weighted by Crippen LogP contribution is 2.22. The van der Waals surface area contributed by atoms with Crippen LogP contribution >= 0.6 is 10.7 Å². The van der Waals surface area contributed by atoms with E-state index in [1.165, 1.54) is 6.07 Å². The van der Waals surface area contributed by atoms with Crippen molar-refractivity contribution < 1.29 is 13.5 Å². The van der Waals surface area contributed by atoms with Gasteiger partial charge >= 0.3 is 0 Å². The molecule has 1 rings (SSSR count). The summed E-state index contributed by atoms with van der Waals surface area (Å²) in [7, 11) is 1.33. The van der Waals surface area contributed by atoms with Gasteiger partial charge in [0.05, 0.1) is 4.91 Å². The maximum absolute atomic E-state index is 10.8. The normalized spacial score (nSPS) is 11.2. The highest BCUT2D eigenvalue weighted by Gasteiger charge is 2.13. The highest BCUT2D eigenvalue weighted by molar-refractivity contribution is 8.16. The lowest BCUT2D eigenvalue weighted by Gasteiger charge is -2.03. The second-order valence-electron chi connectivity index (χ2n) is 2.78. The molecular formula is C9H9ClO3S. The molecule has 1 N–H and O–H groups in total. The van der Waals surface area contributed by atoms with E-state index >= 15 is 0 Å². The Morgan fingerprint density at radius 2 is 2.00 bits per heavy atom. The molecule has 5 heteroatoms. The first-order chi connectivity index (χ1) is 6.41. The van der Waals surface area contributed by atoms with Crippen LogP contribution in [0.4, 0.5) is 0 Å². The topological polar surface area (TPSA) is 54.4 Å². The van der Waals surface area contributed by atoms with Crippen molar-refractivity contribution in [3.63, 3.8) is 0 Å². The third-order valence-electron chi connectivity index (χ3n) is 1.72. The van der Waals surface area contributed by atoms with Gasteiger partial charge in [0.25, 0.3) is 9.05 Å². The smallest absolute Gasteiger partial charge is 0.257 e. The van der Waals surface area contributed by atoms with Crippen LogP contribution in [0.2, 0.25) is 0 Å². The Morgan fingerprint density at radius 1 is 1.43 bits per heavy atom. The van der Waals surface area contributed by atoms with Gasteiger partial charge in [-0.3, -0.25) is 0 Å². The van der Waals surface area contributed by atoms with Gasteiger partial charge in [-0.15, -0.1) is 0 Å². The summed E-state index contributed by atoms with van der Waals surface area (Å²) < 4.78 is 21.7. The summed E-state index contributed by atoms with van der Waals surface area (Å²) in [6.07, 6.45) is 0.0263. The zero-order valence-corrected chi connectivity index (χ0v) is 8.85. The molecule has 0 aliphatic carbocycles. The van der Waals surface area contributed by atoms with Crippen LogP contribution in [0, 0.1) is 0 Å². The molecule has 1 aromatic rings. The minimum atomic E-state index is -3.75. The number of halogens is 1. The maximum Gasteiger partial charge on any atom is 0.257 e. The van der Waals surface area contributed by atoms with Crippen molar-refractivity contribution >= 4 is 19.7 Å². The fourth-order valence-corrected chi connectivity index (χ4v) is 1.45. The standard InChI is InChI=1S/C9H9ClO3S/c1-7(14(10,12)13)6-8-4-2-3-5-9(8)11/h2-5,11H,1,6H2. The fraction of sp³-hybridized carbons (Fsp3) is 0.111. The van der Waals surface area contributed by atoms with Crippen LogP contribution in [-0.2, 0) is 15.5 Å². The van der Waals surface area contributed by atoms with Crippen molar-refractivity contribution in [2.24, 2.45) is 0 Å². The SMILES string of the molecule is C=C(Cc1ccccc1O)S(=O)(=O)Cl. The van der Waals surface area contributed by atoms with E-state index in [-0.39, 0.29) is 17.1 Å². The van der Waals surface area contributed by atoms with Gasteiger partial charge in [0.2, 0.25) is 0 Å². The molecule has 0 bridgehead atoms. The third kappa shape index (κ3) is 2.75. The first-order valence-corrected chi connectivity index (χ1v) is 6.11. The molecule has 0 saturated carbocycles. The third-order valence-corrected chi connectivity index (χ3v) is 3.21. The van der Waals surface area contributed by atoms with Crippen LogP contribution in [0.15, 0.2) is 35.7 Å². The largest absolute Gasteiger partial charge is 0.508 e. The zero-order valence-electron chi connectivity index (χ0n) is 7.27. The van der Waals surface area contributed by atoms with Crippen molar-refractivity contribution in [2.45, 2.75) is 6.42 Å². The maximum atomic E-state index is 10.8. The van der Waals surface area contributed by atoms with Gasteiger partial charge in [0, 0.05) is 17.1 Å². The van der Waals surface area contributed by atoms with Gasteiger partial charge in [-0.05, 0) is 11.6 Å². The molecule has 1 aromatic carbocycles. The van der Waals surface area contributed by atoms with Gasteiger partial charge in [-0.1, -0.05) is 24.8 Å². The minimum Gasteiger partial charge on any atom is -0.508 e. The van der Waals surface area contributed by atoms with Crippen LogP contribution in [0.3, 0.4) is 0 Å². The summed E-state index contributed by atoms with van der Waals surface area (Å²) in [4.78, 5) is -0.124. The number of benzene rings is 1. The average Bonchev–Trinajstić information content (AvgIpc) is 2.07. The summed E-state index contributed by atoms with van der Waals surface area (Å²) in [6, 6.07) is 6.44. The molecule has 0 aliphatic heterocycles. The lowest BCUT2D eigenvalue weighted by atomic mass is 10.1. The van der Waals surface area contributed by atoms with E-state index in [0.29, 0.717) is 5.56 Å². The minimum absolute atomic E-state index is 0.0263. The van der Waals surface area contributed by atoms with E-state index in [1.54, 1.807) is 18.2 Å². The summed E-state index contributed by atoms with van der Waals surface area (Å²) in [5.74, 6) is 0.0361. The molecule has 0 heterocycles. The van der Waals surface area contributed by atoms with Gasteiger partial charge in [0.1, 0.15) is 5.75 Å². The van der Waals surface area contributed by atoms with E-state index < -0.39 is 9.05 Å². The van der Waals surface area contributed by atoms with Gasteiger partial charge in [-0.25, -0.2) is 8.42 Å². The molecule has 14 heavy (non-hydrogen) atoms. The van der Waals surface area contributed by atoms with Crippen molar-refractivity contribution in [1.82, 2.24) is 0 Å². The van der Waals surface area contributed by atoms with E-state index in [9.17, 15) is 13.5 Å². The Kier molecular flexibility index (Phi) is 3.18. The summed E-state index contributed by atoms with van der Waals surface area (Å²) in [5.41, 5.74) is 0.488. The van der Waals surface area contributed by atoms with Gasteiger partial charge in [-0.2, -0.15) is 0 Å².